The minimum Gasteiger partial charge on any atom is -0.497 e. The second-order valence-corrected chi connectivity index (χ2v) is 6.16. The smallest absolute Gasteiger partial charge is 0.119 e. The van der Waals surface area contributed by atoms with Crippen LogP contribution >= 0.6 is 39.1 Å². The van der Waals surface area contributed by atoms with Crippen LogP contribution in [0.5, 0.6) is 5.75 Å². The van der Waals surface area contributed by atoms with Gasteiger partial charge >= 0.3 is 0 Å². The molecule has 1 unspecified atom stereocenters. The van der Waals surface area contributed by atoms with Crippen molar-refractivity contribution in [3.63, 3.8) is 0 Å². The van der Waals surface area contributed by atoms with Crippen LogP contribution in [0.2, 0.25) is 10.0 Å². The Hall–Kier alpha value is -0.780. The van der Waals surface area contributed by atoms with Crippen LogP contribution in [-0.4, -0.2) is 7.11 Å². The monoisotopic (exact) mass is 388 g/mol. The summed E-state index contributed by atoms with van der Waals surface area (Å²) in [6, 6.07) is 11.2. The topological polar surface area (TPSA) is 47.3 Å². The third kappa shape index (κ3) is 3.90. The third-order valence-corrected chi connectivity index (χ3v) is 4.82. The number of methoxy groups -OCH3 is 1. The van der Waals surface area contributed by atoms with Crippen molar-refractivity contribution in [2.45, 2.75) is 12.5 Å². The summed E-state index contributed by atoms with van der Waals surface area (Å²) in [6.45, 7) is 0. The number of ether oxygens (including phenoxy) is 1. The van der Waals surface area contributed by atoms with Crippen LogP contribution in [0.25, 0.3) is 0 Å². The summed E-state index contributed by atoms with van der Waals surface area (Å²) in [5, 5.41) is 1.09. The molecule has 0 amide bonds. The van der Waals surface area contributed by atoms with E-state index in [0.29, 0.717) is 16.5 Å². The number of hydrazine groups is 1. The number of halogens is 3. The van der Waals surface area contributed by atoms with E-state index in [1.54, 1.807) is 13.2 Å². The van der Waals surface area contributed by atoms with Crippen molar-refractivity contribution in [3.8, 4) is 5.75 Å². The van der Waals surface area contributed by atoms with Crippen molar-refractivity contribution in [2.24, 2.45) is 5.84 Å². The fraction of sp³-hybridized carbons (Fsp3) is 0.200. The lowest BCUT2D eigenvalue weighted by Crippen LogP contribution is -2.30. The first-order chi connectivity index (χ1) is 10.1. The largest absolute Gasteiger partial charge is 0.497 e. The zero-order valence-electron chi connectivity index (χ0n) is 11.4. The SMILES string of the molecule is COc1ccc(Br)c(C(Cc2cccc(Cl)c2Cl)NN)c1. The Morgan fingerprint density at radius 2 is 2.05 bits per heavy atom. The van der Waals surface area contributed by atoms with Crippen molar-refractivity contribution < 1.29 is 4.74 Å². The van der Waals surface area contributed by atoms with Gasteiger partial charge in [0.1, 0.15) is 5.75 Å². The van der Waals surface area contributed by atoms with E-state index in [0.717, 1.165) is 21.3 Å². The molecule has 6 heteroatoms. The highest BCUT2D eigenvalue weighted by Crippen LogP contribution is 2.32. The van der Waals surface area contributed by atoms with Gasteiger partial charge < -0.3 is 4.74 Å². The number of nitrogens with two attached hydrogens (primary N) is 1. The molecular weight excluding hydrogens is 375 g/mol. The van der Waals surface area contributed by atoms with E-state index in [1.807, 2.05) is 30.3 Å². The Labute approximate surface area is 142 Å². The minimum atomic E-state index is -0.120. The fourth-order valence-electron chi connectivity index (χ4n) is 2.10. The Morgan fingerprint density at radius 1 is 1.29 bits per heavy atom. The summed E-state index contributed by atoms with van der Waals surface area (Å²) in [5.74, 6) is 6.48. The van der Waals surface area contributed by atoms with Gasteiger partial charge in [-0.05, 0) is 41.8 Å². The molecule has 2 aromatic carbocycles. The van der Waals surface area contributed by atoms with Gasteiger partial charge in [0.05, 0.1) is 23.2 Å². The number of hydrogen-bond donors (Lipinski definition) is 2. The predicted molar refractivity (Wildman–Crippen MR) is 90.9 cm³/mol. The maximum absolute atomic E-state index is 6.24. The molecule has 1 atom stereocenters. The average Bonchev–Trinajstić information content (AvgIpc) is 2.50. The summed E-state index contributed by atoms with van der Waals surface area (Å²) >= 11 is 15.8. The van der Waals surface area contributed by atoms with Crippen molar-refractivity contribution in [2.75, 3.05) is 7.11 Å². The number of benzene rings is 2. The molecule has 0 fully saturated rings. The molecule has 0 aliphatic rings. The molecule has 0 bridgehead atoms. The van der Waals surface area contributed by atoms with Gasteiger partial charge in [-0.25, -0.2) is 0 Å². The third-order valence-electron chi connectivity index (χ3n) is 3.24. The van der Waals surface area contributed by atoms with Crippen molar-refractivity contribution in [1.82, 2.24) is 5.43 Å². The first-order valence-corrected chi connectivity index (χ1v) is 7.84. The molecule has 0 saturated heterocycles. The molecular formula is C15H15BrCl2N2O. The van der Waals surface area contributed by atoms with Gasteiger partial charge in [0, 0.05) is 4.47 Å². The van der Waals surface area contributed by atoms with Crippen LogP contribution in [0.1, 0.15) is 17.2 Å². The van der Waals surface area contributed by atoms with Gasteiger partial charge in [0.15, 0.2) is 0 Å². The van der Waals surface area contributed by atoms with Gasteiger partial charge in [-0.3, -0.25) is 11.3 Å². The van der Waals surface area contributed by atoms with E-state index in [2.05, 4.69) is 21.4 Å². The standard InChI is InChI=1S/C15H15BrCl2N2O/c1-21-10-5-6-12(16)11(8-10)14(20-19)7-9-3-2-4-13(17)15(9)18/h2-6,8,14,20H,7,19H2,1H3. The lowest BCUT2D eigenvalue weighted by molar-refractivity contribution is 0.412. The van der Waals surface area contributed by atoms with Crippen LogP contribution < -0.4 is 16.0 Å². The maximum Gasteiger partial charge on any atom is 0.119 e. The second kappa shape index (κ2) is 7.47. The van der Waals surface area contributed by atoms with Gasteiger partial charge in [-0.15, -0.1) is 0 Å². The van der Waals surface area contributed by atoms with Gasteiger partial charge in [-0.2, -0.15) is 0 Å². The Balaban J connectivity index is 2.34. The molecule has 0 radical (unpaired) electrons. The van der Waals surface area contributed by atoms with Crippen molar-refractivity contribution in [1.29, 1.82) is 0 Å². The molecule has 3 nitrogen and oxygen atoms in total. The van der Waals surface area contributed by atoms with Crippen molar-refractivity contribution >= 4 is 39.1 Å². The zero-order chi connectivity index (χ0) is 15.4. The molecule has 0 aliphatic carbocycles. The zero-order valence-corrected chi connectivity index (χ0v) is 14.5. The molecule has 0 aliphatic heterocycles. The highest BCUT2D eigenvalue weighted by molar-refractivity contribution is 9.10. The summed E-state index contributed by atoms with van der Waals surface area (Å²) in [7, 11) is 1.63. The summed E-state index contributed by atoms with van der Waals surface area (Å²) in [5.41, 5.74) is 4.74. The highest BCUT2D eigenvalue weighted by Gasteiger charge is 2.17. The first kappa shape index (κ1) is 16.6. The van der Waals surface area contributed by atoms with Crippen molar-refractivity contribution in [3.05, 3.63) is 62.0 Å². The number of rotatable bonds is 5. The number of nitrogens with one attached hydrogen (secondary N) is 1. The molecule has 0 saturated carbocycles. The molecule has 0 aromatic heterocycles. The van der Waals surface area contributed by atoms with Gasteiger partial charge in [0.25, 0.3) is 0 Å². The highest BCUT2D eigenvalue weighted by atomic mass is 79.9. The van der Waals surface area contributed by atoms with Crippen LogP contribution in [0.4, 0.5) is 0 Å². The van der Waals surface area contributed by atoms with E-state index in [1.165, 1.54) is 0 Å². The fourth-order valence-corrected chi connectivity index (χ4v) is 3.02. The van der Waals surface area contributed by atoms with Gasteiger partial charge in [-0.1, -0.05) is 51.3 Å². The summed E-state index contributed by atoms with van der Waals surface area (Å²) in [6.07, 6.45) is 0.613. The lowest BCUT2D eigenvalue weighted by Gasteiger charge is -2.19. The molecule has 0 spiro atoms. The minimum absolute atomic E-state index is 0.120. The van der Waals surface area contributed by atoms with Crippen LogP contribution in [-0.2, 0) is 6.42 Å². The van der Waals surface area contributed by atoms with E-state index >= 15 is 0 Å². The molecule has 2 rings (SSSR count). The first-order valence-electron chi connectivity index (χ1n) is 6.29. The van der Waals surface area contributed by atoms with E-state index in [9.17, 15) is 0 Å². The maximum atomic E-state index is 6.24. The molecule has 21 heavy (non-hydrogen) atoms. The van der Waals surface area contributed by atoms with Crippen LogP contribution in [0, 0.1) is 0 Å². The van der Waals surface area contributed by atoms with E-state index < -0.39 is 0 Å². The Kier molecular flexibility index (Phi) is 5.90. The molecule has 3 N–H and O–H groups in total. The van der Waals surface area contributed by atoms with Crippen LogP contribution in [0.3, 0.4) is 0 Å². The summed E-state index contributed by atoms with van der Waals surface area (Å²) in [4.78, 5) is 0. The van der Waals surface area contributed by atoms with Gasteiger partial charge in [0.2, 0.25) is 0 Å². The quantitative estimate of drug-likeness (QED) is 0.584. The van der Waals surface area contributed by atoms with Crippen LogP contribution in [0.15, 0.2) is 40.9 Å². The molecule has 0 heterocycles. The average molecular weight is 390 g/mol. The normalized spacial score (nSPS) is 12.2. The molecule has 112 valence electrons. The second-order valence-electron chi connectivity index (χ2n) is 4.52. The Morgan fingerprint density at radius 3 is 2.71 bits per heavy atom. The molecule has 2 aromatic rings. The van der Waals surface area contributed by atoms with E-state index in [4.69, 9.17) is 33.8 Å². The lowest BCUT2D eigenvalue weighted by atomic mass is 9.99. The Bertz CT molecular complexity index is 637. The van der Waals surface area contributed by atoms with E-state index in [-0.39, 0.29) is 6.04 Å². The number of hydrogen-bond acceptors (Lipinski definition) is 3. The summed E-state index contributed by atoms with van der Waals surface area (Å²) < 4.78 is 6.21. The predicted octanol–water partition coefficient (Wildman–Crippen LogP) is 4.51.